The van der Waals surface area contributed by atoms with Crippen LogP contribution in [0, 0.1) is 5.82 Å². The summed E-state index contributed by atoms with van der Waals surface area (Å²) in [7, 11) is 0. The van der Waals surface area contributed by atoms with E-state index in [9.17, 15) is 9.18 Å². The Balaban J connectivity index is 1.86. The Hall–Kier alpha value is -2.31. The molecule has 1 amide bonds. The molecule has 7 heteroatoms. The Labute approximate surface area is 148 Å². The van der Waals surface area contributed by atoms with Crippen LogP contribution >= 0.6 is 0 Å². The van der Waals surface area contributed by atoms with E-state index in [1.54, 1.807) is 17.0 Å². The van der Waals surface area contributed by atoms with E-state index in [1.807, 2.05) is 13.8 Å². The summed E-state index contributed by atoms with van der Waals surface area (Å²) in [4.78, 5) is 18.0. The quantitative estimate of drug-likeness (QED) is 0.633. The van der Waals surface area contributed by atoms with Crippen molar-refractivity contribution < 1.29 is 13.9 Å². The highest BCUT2D eigenvalue weighted by atomic mass is 19.1. The molecule has 1 aromatic carbocycles. The van der Waals surface area contributed by atoms with Crippen LogP contribution in [-0.4, -0.2) is 49.2 Å². The summed E-state index contributed by atoms with van der Waals surface area (Å²) in [5.41, 5.74) is 0.954. The maximum absolute atomic E-state index is 13.0. The molecule has 2 rings (SSSR count). The predicted molar refractivity (Wildman–Crippen MR) is 96.0 cm³/mol. The lowest BCUT2D eigenvalue weighted by Gasteiger charge is -2.32. The number of hydrogen-bond acceptors (Lipinski definition) is 3. The van der Waals surface area contributed by atoms with Crippen molar-refractivity contribution in [2.24, 2.45) is 4.99 Å². The molecule has 0 unspecified atom stereocenters. The molecule has 0 aliphatic carbocycles. The average molecular weight is 350 g/mol. The van der Waals surface area contributed by atoms with E-state index in [-0.39, 0.29) is 18.0 Å². The number of benzene rings is 1. The van der Waals surface area contributed by atoms with E-state index in [1.165, 1.54) is 12.1 Å². The number of nitrogens with one attached hydrogen (secondary N) is 2. The van der Waals surface area contributed by atoms with E-state index in [4.69, 9.17) is 4.74 Å². The highest BCUT2D eigenvalue weighted by molar-refractivity contribution is 5.80. The van der Waals surface area contributed by atoms with Gasteiger partial charge in [-0.05, 0) is 44.4 Å². The molecule has 25 heavy (non-hydrogen) atoms. The maximum Gasteiger partial charge on any atom is 0.409 e. The molecule has 6 nitrogen and oxygen atoms in total. The number of carbonyl (C=O) groups excluding carboxylic acids is 1. The highest BCUT2D eigenvalue weighted by Crippen LogP contribution is 2.11. The number of amides is 1. The number of nitrogens with zero attached hydrogens (tertiary/aromatic N) is 2. The van der Waals surface area contributed by atoms with Crippen molar-refractivity contribution >= 4 is 12.1 Å². The standard InChI is InChI=1S/C18H27FN4O2/c1-3-20-17(21-13-14-5-7-15(19)8-6-14)22-16-9-11-23(12-10-16)18(24)25-4-2/h5-8,16H,3-4,9-13H2,1-2H3,(H2,20,21,22). The molecule has 0 radical (unpaired) electrons. The third-order valence-electron chi connectivity index (χ3n) is 4.04. The summed E-state index contributed by atoms with van der Waals surface area (Å²) in [5, 5.41) is 6.64. The monoisotopic (exact) mass is 350 g/mol. The van der Waals surface area contributed by atoms with E-state index in [2.05, 4.69) is 15.6 Å². The van der Waals surface area contributed by atoms with Gasteiger partial charge >= 0.3 is 6.09 Å². The topological polar surface area (TPSA) is 66.0 Å². The Kier molecular flexibility index (Phi) is 7.50. The first-order chi connectivity index (χ1) is 12.1. The van der Waals surface area contributed by atoms with Crippen molar-refractivity contribution in [1.29, 1.82) is 0 Å². The minimum Gasteiger partial charge on any atom is -0.450 e. The second kappa shape index (κ2) is 9.86. The van der Waals surface area contributed by atoms with Crippen molar-refractivity contribution in [2.45, 2.75) is 39.3 Å². The zero-order valence-electron chi connectivity index (χ0n) is 14.9. The first-order valence-electron chi connectivity index (χ1n) is 8.83. The van der Waals surface area contributed by atoms with Crippen molar-refractivity contribution in [2.75, 3.05) is 26.2 Å². The first kappa shape index (κ1) is 19.0. The normalized spacial score (nSPS) is 15.8. The average Bonchev–Trinajstić information content (AvgIpc) is 2.62. The summed E-state index contributed by atoms with van der Waals surface area (Å²) >= 11 is 0. The van der Waals surface area contributed by atoms with Crippen LogP contribution in [0.4, 0.5) is 9.18 Å². The third kappa shape index (κ3) is 6.25. The fourth-order valence-electron chi connectivity index (χ4n) is 2.69. The molecular weight excluding hydrogens is 323 g/mol. The Bertz CT molecular complexity index is 569. The number of piperidine rings is 1. The number of likely N-dealkylation sites (tertiary alicyclic amines) is 1. The van der Waals surface area contributed by atoms with Crippen molar-refractivity contribution in [1.82, 2.24) is 15.5 Å². The van der Waals surface area contributed by atoms with Gasteiger partial charge in [-0.15, -0.1) is 0 Å². The van der Waals surface area contributed by atoms with Gasteiger partial charge in [0.2, 0.25) is 0 Å². The van der Waals surface area contributed by atoms with Gasteiger partial charge in [-0.25, -0.2) is 14.2 Å². The molecule has 0 atom stereocenters. The van der Waals surface area contributed by atoms with Crippen LogP contribution in [0.5, 0.6) is 0 Å². The van der Waals surface area contributed by atoms with Gasteiger partial charge in [-0.3, -0.25) is 0 Å². The molecule has 0 spiro atoms. The molecule has 2 N–H and O–H groups in total. The number of hydrogen-bond donors (Lipinski definition) is 2. The number of ether oxygens (including phenoxy) is 1. The van der Waals surface area contributed by atoms with Crippen LogP contribution in [0.15, 0.2) is 29.3 Å². The van der Waals surface area contributed by atoms with E-state index in [0.717, 1.165) is 30.9 Å². The van der Waals surface area contributed by atoms with Crippen molar-refractivity contribution in [3.05, 3.63) is 35.6 Å². The largest absolute Gasteiger partial charge is 0.450 e. The summed E-state index contributed by atoms with van der Waals surface area (Å²) in [6.45, 7) is 6.82. The Morgan fingerprint density at radius 3 is 2.56 bits per heavy atom. The lowest BCUT2D eigenvalue weighted by molar-refractivity contribution is 0.0963. The first-order valence-corrected chi connectivity index (χ1v) is 8.83. The van der Waals surface area contributed by atoms with Gasteiger partial charge in [0, 0.05) is 25.7 Å². The van der Waals surface area contributed by atoms with Crippen molar-refractivity contribution in [3.8, 4) is 0 Å². The Morgan fingerprint density at radius 1 is 1.28 bits per heavy atom. The minimum atomic E-state index is -0.244. The van der Waals surface area contributed by atoms with E-state index in [0.29, 0.717) is 26.2 Å². The fourth-order valence-corrected chi connectivity index (χ4v) is 2.69. The molecule has 1 aromatic rings. The van der Waals surface area contributed by atoms with Crippen molar-refractivity contribution in [3.63, 3.8) is 0 Å². The molecular formula is C18H27FN4O2. The maximum atomic E-state index is 13.0. The smallest absolute Gasteiger partial charge is 0.409 e. The molecule has 1 aliphatic rings. The molecule has 1 saturated heterocycles. The zero-order chi connectivity index (χ0) is 18.1. The van der Waals surface area contributed by atoms with Crippen LogP contribution in [-0.2, 0) is 11.3 Å². The minimum absolute atomic E-state index is 0.238. The van der Waals surface area contributed by atoms with Crippen LogP contribution in [0.3, 0.4) is 0 Å². The molecule has 1 heterocycles. The van der Waals surface area contributed by atoms with Gasteiger partial charge in [-0.1, -0.05) is 12.1 Å². The molecule has 0 saturated carbocycles. The van der Waals surface area contributed by atoms with Gasteiger partial charge in [-0.2, -0.15) is 0 Å². The summed E-state index contributed by atoms with van der Waals surface area (Å²) in [6.07, 6.45) is 1.46. The third-order valence-corrected chi connectivity index (χ3v) is 4.04. The molecule has 1 fully saturated rings. The van der Waals surface area contributed by atoms with Crippen LogP contribution in [0.1, 0.15) is 32.3 Å². The van der Waals surface area contributed by atoms with Gasteiger partial charge < -0.3 is 20.3 Å². The van der Waals surface area contributed by atoms with Gasteiger partial charge in [0.1, 0.15) is 5.82 Å². The number of halogens is 1. The second-order valence-corrected chi connectivity index (χ2v) is 5.93. The summed E-state index contributed by atoms with van der Waals surface area (Å²) in [5.74, 6) is 0.493. The SMILES string of the molecule is CCNC(=NCc1ccc(F)cc1)NC1CCN(C(=O)OCC)CC1. The molecule has 138 valence electrons. The van der Waals surface area contributed by atoms with Crippen LogP contribution in [0.2, 0.25) is 0 Å². The number of carbonyl (C=O) groups is 1. The second-order valence-electron chi connectivity index (χ2n) is 5.93. The van der Waals surface area contributed by atoms with Gasteiger partial charge in [0.25, 0.3) is 0 Å². The number of aliphatic imine (C=N–C) groups is 1. The summed E-state index contributed by atoms with van der Waals surface area (Å²) in [6, 6.07) is 6.62. The van der Waals surface area contributed by atoms with E-state index >= 15 is 0 Å². The van der Waals surface area contributed by atoms with Crippen LogP contribution in [0.25, 0.3) is 0 Å². The fraction of sp³-hybridized carbons (Fsp3) is 0.556. The number of guanidine groups is 1. The molecule has 0 aromatic heterocycles. The highest BCUT2D eigenvalue weighted by Gasteiger charge is 2.23. The molecule has 1 aliphatic heterocycles. The van der Waals surface area contributed by atoms with E-state index < -0.39 is 0 Å². The predicted octanol–water partition coefficient (Wildman–Crippen LogP) is 2.50. The van der Waals surface area contributed by atoms with Crippen LogP contribution < -0.4 is 10.6 Å². The lowest BCUT2D eigenvalue weighted by Crippen LogP contribution is -2.49. The zero-order valence-corrected chi connectivity index (χ0v) is 14.9. The lowest BCUT2D eigenvalue weighted by atomic mass is 10.1. The van der Waals surface area contributed by atoms with Gasteiger partial charge in [0.05, 0.1) is 13.2 Å². The molecule has 0 bridgehead atoms. The summed E-state index contributed by atoms with van der Waals surface area (Å²) < 4.78 is 18.0. The Morgan fingerprint density at radius 2 is 1.96 bits per heavy atom. The van der Waals surface area contributed by atoms with Gasteiger partial charge in [0.15, 0.2) is 5.96 Å². The number of rotatable bonds is 5.